The Kier molecular flexibility index (Phi) is 8.24. The van der Waals surface area contributed by atoms with Gasteiger partial charge in [0, 0.05) is 27.1 Å². The van der Waals surface area contributed by atoms with Crippen LogP contribution in [0.4, 0.5) is 10.8 Å². The van der Waals surface area contributed by atoms with Crippen molar-refractivity contribution in [1.29, 1.82) is 0 Å². The Balaban J connectivity index is 1.24. The van der Waals surface area contributed by atoms with Gasteiger partial charge in [0.1, 0.15) is 5.75 Å². The van der Waals surface area contributed by atoms with Gasteiger partial charge in [-0.25, -0.2) is 4.98 Å². The average Bonchev–Trinajstić information content (AvgIpc) is 3.43. The van der Waals surface area contributed by atoms with Crippen molar-refractivity contribution in [2.75, 3.05) is 17.7 Å². The Bertz CT molecular complexity index is 1630. The van der Waals surface area contributed by atoms with Gasteiger partial charge in [-0.1, -0.05) is 55.5 Å². The van der Waals surface area contributed by atoms with Crippen LogP contribution in [0.1, 0.15) is 23.7 Å². The van der Waals surface area contributed by atoms with Gasteiger partial charge >= 0.3 is 0 Å². The summed E-state index contributed by atoms with van der Waals surface area (Å²) in [5.41, 5.74) is 2.90. The first-order chi connectivity index (χ1) is 19.0. The first-order valence-corrected chi connectivity index (χ1v) is 14.3. The van der Waals surface area contributed by atoms with Gasteiger partial charge in [-0.3, -0.25) is 9.59 Å². The topological polar surface area (TPSA) is 80.3 Å². The number of methoxy groups -OCH3 is 1. The summed E-state index contributed by atoms with van der Waals surface area (Å²) in [4.78, 5) is 31.5. The first-order valence-electron chi connectivity index (χ1n) is 12.5. The number of nitrogens with zero attached hydrogens (tertiary/aromatic N) is 1. The first kappa shape index (κ1) is 26.5. The van der Waals surface area contributed by atoms with Crippen molar-refractivity contribution in [3.63, 3.8) is 0 Å². The van der Waals surface area contributed by atoms with Gasteiger partial charge in [0.05, 0.1) is 18.1 Å². The van der Waals surface area contributed by atoms with Gasteiger partial charge in [-0.15, -0.1) is 23.1 Å². The maximum atomic E-state index is 13.1. The minimum atomic E-state index is -0.324. The normalized spacial score (nSPS) is 11.6. The Labute approximate surface area is 235 Å². The molecule has 2 amide bonds. The number of anilines is 2. The molecule has 1 unspecified atom stereocenters. The van der Waals surface area contributed by atoms with E-state index >= 15 is 0 Å². The highest BCUT2D eigenvalue weighted by molar-refractivity contribution is 8.00. The minimum Gasteiger partial charge on any atom is -0.496 e. The van der Waals surface area contributed by atoms with E-state index in [1.807, 2.05) is 103 Å². The quantitative estimate of drug-likeness (QED) is 0.183. The van der Waals surface area contributed by atoms with E-state index in [0.29, 0.717) is 22.8 Å². The van der Waals surface area contributed by atoms with E-state index in [4.69, 9.17) is 4.74 Å². The second-order valence-corrected chi connectivity index (χ2v) is 10.9. The lowest BCUT2D eigenvalue weighted by atomic mass is 10.1. The number of carbonyl (C=O) groups is 2. The molecule has 5 aromatic rings. The molecule has 2 N–H and O–H groups in total. The predicted octanol–water partition coefficient (Wildman–Crippen LogP) is 7.73. The number of aromatic nitrogens is 1. The lowest BCUT2D eigenvalue weighted by Crippen LogP contribution is -2.24. The molecule has 4 aromatic carbocycles. The second-order valence-electron chi connectivity index (χ2n) is 8.79. The number of rotatable bonds is 9. The van der Waals surface area contributed by atoms with Gasteiger partial charge in [0.25, 0.3) is 5.91 Å². The highest BCUT2D eigenvalue weighted by atomic mass is 32.2. The Morgan fingerprint density at radius 2 is 1.72 bits per heavy atom. The number of thioether (sulfide) groups is 1. The molecular weight excluding hydrogens is 526 g/mol. The van der Waals surface area contributed by atoms with Gasteiger partial charge in [0.15, 0.2) is 5.13 Å². The molecule has 0 saturated heterocycles. The van der Waals surface area contributed by atoms with Crippen molar-refractivity contribution in [3.8, 4) is 17.0 Å². The monoisotopic (exact) mass is 553 g/mol. The SMILES string of the molecule is CCC(Sc1cccc(NC(=O)c2ccc3ccccc3c2)c1)C(=O)Nc1nc(-c2ccccc2OC)cs1. The van der Waals surface area contributed by atoms with Crippen molar-refractivity contribution in [2.24, 2.45) is 0 Å². The summed E-state index contributed by atoms with van der Waals surface area (Å²) >= 11 is 2.84. The summed E-state index contributed by atoms with van der Waals surface area (Å²) in [6.07, 6.45) is 0.634. The van der Waals surface area contributed by atoms with Gasteiger partial charge in [0.2, 0.25) is 5.91 Å². The fraction of sp³-hybridized carbons (Fsp3) is 0.129. The maximum absolute atomic E-state index is 13.1. The molecule has 1 atom stereocenters. The summed E-state index contributed by atoms with van der Waals surface area (Å²) in [6.45, 7) is 1.98. The third-order valence-electron chi connectivity index (χ3n) is 6.16. The number of fused-ring (bicyclic) bond motifs is 1. The molecule has 39 heavy (non-hydrogen) atoms. The fourth-order valence-corrected chi connectivity index (χ4v) is 5.89. The molecule has 6 nitrogen and oxygen atoms in total. The third kappa shape index (κ3) is 6.30. The molecule has 1 heterocycles. The third-order valence-corrected chi connectivity index (χ3v) is 8.28. The largest absolute Gasteiger partial charge is 0.496 e. The Morgan fingerprint density at radius 1 is 0.923 bits per heavy atom. The Hall–Kier alpha value is -4.14. The van der Waals surface area contributed by atoms with Gasteiger partial charge in [-0.05, 0) is 59.7 Å². The van der Waals surface area contributed by atoms with Crippen LogP contribution in [0.2, 0.25) is 0 Å². The molecule has 8 heteroatoms. The molecule has 0 aliphatic heterocycles. The van der Waals surface area contributed by atoms with Gasteiger partial charge < -0.3 is 15.4 Å². The lowest BCUT2D eigenvalue weighted by Gasteiger charge is -2.14. The lowest BCUT2D eigenvalue weighted by molar-refractivity contribution is -0.115. The zero-order valence-electron chi connectivity index (χ0n) is 21.5. The Morgan fingerprint density at radius 3 is 2.54 bits per heavy atom. The fourth-order valence-electron chi connectivity index (χ4n) is 4.16. The molecule has 0 spiro atoms. The number of para-hydroxylation sites is 1. The van der Waals surface area contributed by atoms with Crippen LogP contribution < -0.4 is 15.4 Å². The molecule has 0 aliphatic carbocycles. The van der Waals surface area contributed by atoms with Gasteiger partial charge in [-0.2, -0.15) is 0 Å². The molecular formula is C31H27N3O3S2. The van der Waals surface area contributed by atoms with E-state index < -0.39 is 0 Å². The number of amides is 2. The highest BCUT2D eigenvalue weighted by Crippen LogP contribution is 2.33. The maximum Gasteiger partial charge on any atom is 0.255 e. The zero-order valence-corrected chi connectivity index (χ0v) is 23.1. The van der Waals surface area contributed by atoms with Crippen LogP contribution in [-0.2, 0) is 4.79 Å². The molecule has 0 bridgehead atoms. The molecule has 0 fully saturated rings. The summed E-state index contributed by atoms with van der Waals surface area (Å²) in [7, 11) is 1.63. The number of benzene rings is 4. The van der Waals surface area contributed by atoms with E-state index in [9.17, 15) is 9.59 Å². The van der Waals surface area contributed by atoms with Crippen molar-refractivity contribution >= 4 is 56.5 Å². The standard InChI is InChI=1S/C31H27N3O3S2/c1-3-28(30(36)34-31-33-26(19-38-31)25-13-6-7-14-27(25)37-2)39-24-12-8-11-23(18-24)32-29(35)22-16-15-20-9-4-5-10-21(20)17-22/h4-19,28H,3H2,1-2H3,(H,32,35)(H,33,34,36). The second kappa shape index (κ2) is 12.1. The van der Waals surface area contributed by atoms with E-state index in [2.05, 4.69) is 15.6 Å². The number of thiazole rings is 1. The van der Waals surface area contributed by atoms with Crippen molar-refractivity contribution < 1.29 is 14.3 Å². The minimum absolute atomic E-state index is 0.117. The van der Waals surface area contributed by atoms with Crippen LogP contribution in [-0.4, -0.2) is 29.2 Å². The zero-order chi connectivity index (χ0) is 27.2. The summed E-state index contributed by atoms with van der Waals surface area (Å²) in [6, 6.07) is 28.8. The van der Waals surface area contributed by atoms with Crippen molar-refractivity contribution in [2.45, 2.75) is 23.5 Å². The van der Waals surface area contributed by atoms with E-state index in [-0.39, 0.29) is 17.1 Å². The molecule has 1 aromatic heterocycles. The average molecular weight is 554 g/mol. The summed E-state index contributed by atoms with van der Waals surface area (Å²) in [5.74, 6) is 0.437. The number of nitrogens with one attached hydrogen (secondary N) is 2. The van der Waals surface area contributed by atoms with Crippen LogP contribution in [0, 0.1) is 0 Å². The van der Waals surface area contributed by atoms with Crippen LogP contribution in [0.25, 0.3) is 22.0 Å². The van der Waals surface area contributed by atoms with Crippen LogP contribution in [0.3, 0.4) is 0 Å². The molecule has 0 saturated carbocycles. The van der Waals surface area contributed by atoms with Crippen molar-refractivity contribution in [1.82, 2.24) is 4.98 Å². The highest BCUT2D eigenvalue weighted by Gasteiger charge is 2.20. The van der Waals surface area contributed by atoms with Crippen LogP contribution in [0.5, 0.6) is 5.75 Å². The number of ether oxygens (including phenoxy) is 1. The number of carbonyl (C=O) groups excluding carboxylic acids is 2. The van der Waals surface area contributed by atoms with E-state index in [1.54, 1.807) is 7.11 Å². The molecule has 0 aliphatic rings. The molecule has 196 valence electrons. The van der Waals surface area contributed by atoms with E-state index in [0.717, 1.165) is 32.7 Å². The number of hydrogen-bond donors (Lipinski definition) is 2. The number of hydrogen-bond acceptors (Lipinski definition) is 6. The van der Waals surface area contributed by atoms with Crippen LogP contribution >= 0.6 is 23.1 Å². The summed E-state index contributed by atoms with van der Waals surface area (Å²) < 4.78 is 5.44. The van der Waals surface area contributed by atoms with Crippen LogP contribution in [0.15, 0.2) is 101 Å². The summed E-state index contributed by atoms with van der Waals surface area (Å²) in [5, 5.41) is 10.2. The smallest absolute Gasteiger partial charge is 0.255 e. The molecule has 0 radical (unpaired) electrons. The predicted molar refractivity (Wildman–Crippen MR) is 161 cm³/mol. The van der Waals surface area contributed by atoms with E-state index in [1.165, 1.54) is 23.1 Å². The molecule has 5 rings (SSSR count). The van der Waals surface area contributed by atoms with Crippen molar-refractivity contribution in [3.05, 3.63) is 102 Å².